The van der Waals surface area contributed by atoms with Gasteiger partial charge in [-0.3, -0.25) is 4.79 Å². The van der Waals surface area contributed by atoms with Crippen molar-refractivity contribution in [3.8, 4) is 0 Å². The molecule has 1 aromatic heterocycles. The molecule has 0 saturated heterocycles. The fourth-order valence-electron chi connectivity index (χ4n) is 3.72. The van der Waals surface area contributed by atoms with Crippen LogP contribution in [-0.2, 0) is 17.9 Å². The highest BCUT2D eigenvalue weighted by molar-refractivity contribution is 5.82. The van der Waals surface area contributed by atoms with Gasteiger partial charge in [0.05, 0.1) is 6.54 Å². The van der Waals surface area contributed by atoms with Gasteiger partial charge in [0.15, 0.2) is 0 Å². The first kappa shape index (κ1) is 20.3. The van der Waals surface area contributed by atoms with E-state index in [1.165, 1.54) is 18.2 Å². The number of nitrogens with one attached hydrogen (secondary N) is 1. The summed E-state index contributed by atoms with van der Waals surface area (Å²) < 4.78 is 28.9. The number of allylic oxidation sites excluding steroid dienone is 4. The third-order valence-electron chi connectivity index (χ3n) is 5.35. The third-order valence-corrected chi connectivity index (χ3v) is 5.35. The molecule has 0 fully saturated rings. The quantitative estimate of drug-likeness (QED) is 0.760. The van der Waals surface area contributed by atoms with Gasteiger partial charge < -0.3 is 20.5 Å². The number of benzene rings is 1. The molecule has 1 aliphatic heterocycles. The van der Waals surface area contributed by atoms with E-state index in [0.29, 0.717) is 51.1 Å². The van der Waals surface area contributed by atoms with Crippen molar-refractivity contribution in [1.82, 2.24) is 14.5 Å². The number of fused-ring (bicyclic) bond motifs is 1. The van der Waals surface area contributed by atoms with Gasteiger partial charge in [-0.05, 0) is 48.9 Å². The van der Waals surface area contributed by atoms with Crippen molar-refractivity contribution >= 4 is 23.0 Å². The lowest BCUT2D eigenvalue weighted by molar-refractivity contribution is -0.132. The molecule has 8 heteroatoms. The normalized spacial score (nSPS) is 18.2. The first-order chi connectivity index (χ1) is 14.5. The van der Waals surface area contributed by atoms with Gasteiger partial charge in [-0.15, -0.1) is 0 Å². The molecule has 1 atom stereocenters. The Balaban J connectivity index is 1.66. The number of anilines is 2. The van der Waals surface area contributed by atoms with Crippen LogP contribution in [0.5, 0.6) is 0 Å². The summed E-state index contributed by atoms with van der Waals surface area (Å²) in [7, 11) is 0. The number of aromatic nitrogens is 2. The number of hydrogen-bond acceptors (Lipinski definition) is 4. The number of carbonyl (C=O) groups is 1. The zero-order chi connectivity index (χ0) is 21.1. The summed E-state index contributed by atoms with van der Waals surface area (Å²) in [5.74, 6) is 1.29. The number of alkyl halides is 1. The van der Waals surface area contributed by atoms with Gasteiger partial charge in [0.25, 0.3) is 0 Å². The van der Waals surface area contributed by atoms with E-state index in [9.17, 15) is 13.6 Å². The number of hydrogen-bond donors (Lipinski definition) is 2. The second-order valence-electron chi connectivity index (χ2n) is 7.49. The standard InChI is InChI=1S/C22H25F2N5O/c23-16-5-3-15(4-6-16)21-22(26-18-9-7-17(24)8-10-18)29-13-12-28(14-19(29)27-21)20(30)2-1-11-25/h3-5,7-10,16,26H,1-2,6,11-14,25H2. The third kappa shape index (κ3) is 4.28. The minimum absolute atomic E-state index is 0.0707. The Hall–Kier alpha value is -3.00. The number of imidazole rings is 1. The summed E-state index contributed by atoms with van der Waals surface area (Å²) in [4.78, 5) is 19.0. The van der Waals surface area contributed by atoms with Crippen molar-refractivity contribution in [3.63, 3.8) is 0 Å². The summed E-state index contributed by atoms with van der Waals surface area (Å²) in [6, 6.07) is 6.10. The summed E-state index contributed by atoms with van der Waals surface area (Å²) in [5.41, 5.74) is 7.78. The zero-order valence-corrected chi connectivity index (χ0v) is 16.7. The van der Waals surface area contributed by atoms with Crippen molar-refractivity contribution in [2.75, 3.05) is 18.4 Å². The summed E-state index contributed by atoms with van der Waals surface area (Å²) in [5, 5.41) is 3.34. The number of halogens is 2. The minimum atomic E-state index is -0.991. The first-order valence-electron chi connectivity index (χ1n) is 10.2. The van der Waals surface area contributed by atoms with Crippen LogP contribution in [0.25, 0.3) is 5.57 Å². The molecular weight excluding hydrogens is 388 g/mol. The molecule has 0 bridgehead atoms. The van der Waals surface area contributed by atoms with Crippen LogP contribution >= 0.6 is 0 Å². The monoisotopic (exact) mass is 413 g/mol. The summed E-state index contributed by atoms with van der Waals surface area (Å²) in [6.07, 6.45) is 5.49. The van der Waals surface area contributed by atoms with Crippen molar-refractivity contribution in [1.29, 1.82) is 0 Å². The van der Waals surface area contributed by atoms with Crippen molar-refractivity contribution in [2.24, 2.45) is 5.73 Å². The van der Waals surface area contributed by atoms with Gasteiger partial charge in [0, 0.05) is 31.6 Å². The van der Waals surface area contributed by atoms with Crippen molar-refractivity contribution in [3.05, 3.63) is 59.8 Å². The average molecular weight is 413 g/mol. The van der Waals surface area contributed by atoms with Crippen LogP contribution in [0.3, 0.4) is 0 Å². The molecular formula is C22H25F2N5O. The number of nitrogens with two attached hydrogens (primary N) is 1. The van der Waals surface area contributed by atoms with Crippen LogP contribution in [0.2, 0.25) is 0 Å². The number of carbonyl (C=O) groups excluding carboxylic acids is 1. The zero-order valence-electron chi connectivity index (χ0n) is 16.7. The Kier molecular flexibility index (Phi) is 5.94. The van der Waals surface area contributed by atoms with E-state index in [1.54, 1.807) is 23.1 Å². The van der Waals surface area contributed by atoms with Gasteiger partial charge in [0.2, 0.25) is 5.91 Å². The second-order valence-corrected chi connectivity index (χ2v) is 7.49. The molecule has 2 aliphatic rings. The molecule has 6 nitrogen and oxygen atoms in total. The molecule has 0 spiro atoms. The molecule has 2 heterocycles. The van der Waals surface area contributed by atoms with Gasteiger partial charge in [0.1, 0.15) is 29.3 Å². The topological polar surface area (TPSA) is 76.2 Å². The molecule has 0 saturated carbocycles. The lowest BCUT2D eigenvalue weighted by Crippen LogP contribution is -2.38. The van der Waals surface area contributed by atoms with Crippen LogP contribution < -0.4 is 11.1 Å². The number of nitrogens with zero attached hydrogens (tertiary/aromatic N) is 3. The molecule has 1 amide bonds. The smallest absolute Gasteiger partial charge is 0.223 e. The Morgan fingerprint density at radius 1 is 1.27 bits per heavy atom. The predicted molar refractivity (Wildman–Crippen MR) is 112 cm³/mol. The van der Waals surface area contributed by atoms with Crippen LogP contribution in [0.1, 0.15) is 30.8 Å². The fraction of sp³-hybridized carbons (Fsp3) is 0.364. The van der Waals surface area contributed by atoms with E-state index in [-0.39, 0.29) is 11.7 Å². The summed E-state index contributed by atoms with van der Waals surface area (Å²) in [6.45, 7) is 2.05. The highest BCUT2D eigenvalue weighted by atomic mass is 19.1. The SMILES string of the molecule is NCCCC(=O)N1CCn2c(nc(C3=CCC(F)C=C3)c2Nc2ccc(F)cc2)C1. The van der Waals surface area contributed by atoms with E-state index in [4.69, 9.17) is 10.7 Å². The van der Waals surface area contributed by atoms with Gasteiger partial charge in [-0.2, -0.15) is 0 Å². The Morgan fingerprint density at radius 2 is 2.07 bits per heavy atom. The highest BCUT2D eigenvalue weighted by Gasteiger charge is 2.27. The molecule has 1 unspecified atom stereocenters. The van der Waals surface area contributed by atoms with Crippen LogP contribution in [-0.4, -0.2) is 39.6 Å². The number of rotatable bonds is 6. The molecule has 1 aliphatic carbocycles. The largest absolute Gasteiger partial charge is 0.340 e. The number of amides is 1. The van der Waals surface area contributed by atoms with Gasteiger partial charge >= 0.3 is 0 Å². The van der Waals surface area contributed by atoms with Crippen molar-refractivity contribution in [2.45, 2.75) is 38.5 Å². The summed E-state index contributed by atoms with van der Waals surface area (Å²) >= 11 is 0. The Labute approximate surface area is 174 Å². The molecule has 2 aromatic rings. The average Bonchev–Trinajstić information content (AvgIpc) is 3.11. The van der Waals surface area contributed by atoms with E-state index in [1.807, 2.05) is 10.6 Å². The lowest BCUT2D eigenvalue weighted by atomic mass is 10.0. The minimum Gasteiger partial charge on any atom is -0.340 e. The highest BCUT2D eigenvalue weighted by Crippen LogP contribution is 2.33. The fourth-order valence-corrected chi connectivity index (χ4v) is 3.72. The predicted octanol–water partition coefficient (Wildman–Crippen LogP) is 3.53. The molecule has 158 valence electrons. The maximum absolute atomic E-state index is 13.6. The van der Waals surface area contributed by atoms with E-state index >= 15 is 0 Å². The van der Waals surface area contributed by atoms with E-state index in [0.717, 1.165) is 22.9 Å². The molecule has 1 aromatic carbocycles. The van der Waals surface area contributed by atoms with E-state index in [2.05, 4.69) is 5.32 Å². The second kappa shape index (κ2) is 8.79. The van der Waals surface area contributed by atoms with Crippen LogP contribution in [0, 0.1) is 5.82 Å². The van der Waals surface area contributed by atoms with E-state index < -0.39 is 6.17 Å². The molecule has 30 heavy (non-hydrogen) atoms. The van der Waals surface area contributed by atoms with Crippen LogP contribution in [0.15, 0.2) is 42.5 Å². The van der Waals surface area contributed by atoms with Gasteiger partial charge in [-0.1, -0.05) is 12.2 Å². The van der Waals surface area contributed by atoms with Gasteiger partial charge in [-0.25, -0.2) is 13.8 Å². The molecule has 4 rings (SSSR count). The maximum atomic E-state index is 13.6. The van der Waals surface area contributed by atoms with Crippen molar-refractivity contribution < 1.29 is 13.6 Å². The Morgan fingerprint density at radius 3 is 2.77 bits per heavy atom. The Bertz CT molecular complexity index is 980. The molecule has 3 N–H and O–H groups in total. The first-order valence-corrected chi connectivity index (χ1v) is 10.2. The lowest BCUT2D eigenvalue weighted by Gasteiger charge is -2.28. The maximum Gasteiger partial charge on any atom is 0.223 e. The van der Waals surface area contributed by atoms with Crippen LogP contribution in [0.4, 0.5) is 20.3 Å². The molecule has 0 radical (unpaired) electrons.